The van der Waals surface area contributed by atoms with E-state index in [0.29, 0.717) is 15.6 Å². The van der Waals surface area contributed by atoms with Gasteiger partial charge in [0.1, 0.15) is 5.75 Å². The minimum atomic E-state index is -4.34. The Hall–Kier alpha value is -0.710. The first-order chi connectivity index (χ1) is 8.41. The van der Waals surface area contributed by atoms with Gasteiger partial charge in [0.05, 0.1) is 9.89 Å². The Kier molecular flexibility index (Phi) is 4.30. The Labute approximate surface area is 120 Å². The van der Waals surface area contributed by atoms with E-state index in [-0.39, 0.29) is 17.2 Å². The monoisotopic (exact) mass is 338 g/mol. The number of aromatic hydroxyl groups is 1. The van der Waals surface area contributed by atoms with Crippen LogP contribution in [0.1, 0.15) is 50.3 Å². The van der Waals surface area contributed by atoms with Gasteiger partial charge in [0, 0.05) is 0 Å². The molecule has 0 unspecified atom stereocenters. The Morgan fingerprint density at radius 1 is 1.21 bits per heavy atom. The molecule has 1 aromatic carbocycles. The Bertz CT molecular complexity index is 490. The predicted molar refractivity (Wildman–Crippen MR) is 73.7 cm³/mol. The van der Waals surface area contributed by atoms with E-state index in [1.807, 2.05) is 13.8 Å². The molecule has 1 rings (SSSR count). The summed E-state index contributed by atoms with van der Waals surface area (Å²) in [4.78, 5) is 0. The third kappa shape index (κ3) is 2.76. The summed E-state index contributed by atoms with van der Waals surface area (Å²) >= 11 is 3.19. The van der Waals surface area contributed by atoms with E-state index < -0.39 is 11.6 Å². The molecule has 0 saturated heterocycles. The van der Waals surface area contributed by atoms with Crippen LogP contribution in [-0.2, 0) is 5.41 Å². The highest BCUT2D eigenvalue weighted by molar-refractivity contribution is 9.10. The van der Waals surface area contributed by atoms with E-state index in [9.17, 15) is 18.3 Å². The lowest BCUT2D eigenvalue weighted by atomic mass is 9.79. The summed E-state index contributed by atoms with van der Waals surface area (Å²) in [5, 5.41) is 10.0. The largest absolute Gasteiger partial charge is 0.506 e. The number of benzene rings is 1. The van der Waals surface area contributed by atoms with Crippen LogP contribution >= 0.6 is 15.9 Å². The maximum Gasteiger partial charge on any atom is 0.397 e. The van der Waals surface area contributed by atoms with Crippen LogP contribution in [0.25, 0.3) is 0 Å². The fourth-order valence-corrected chi connectivity index (χ4v) is 2.44. The smallest absolute Gasteiger partial charge is 0.397 e. The van der Waals surface area contributed by atoms with Crippen molar-refractivity contribution in [2.45, 2.75) is 52.1 Å². The van der Waals surface area contributed by atoms with Gasteiger partial charge in [-0.2, -0.15) is 13.2 Å². The Balaban J connectivity index is 3.62. The molecule has 1 N–H and O–H groups in total. The Morgan fingerprint density at radius 2 is 1.68 bits per heavy atom. The van der Waals surface area contributed by atoms with Crippen LogP contribution < -0.4 is 0 Å². The van der Waals surface area contributed by atoms with Crippen LogP contribution in [0.3, 0.4) is 0 Å². The second kappa shape index (κ2) is 5.00. The molecule has 0 aliphatic carbocycles. The summed E-state index contributed by atoms with van der Waals surface area (Å²) in [6.07, 6.45) is -4.34. The number of hydrogen-bond donors (Lipinski definition) is 1. The van der Waals surface area contributed by atoms with Gasteiger partial charge in [-0.15, -0.1) is 0 Å². The Morgan fingerprint density at radius 3 is 2.05 bits per heavy atom. The SMILES string of the molecule is Cc1c(C(C)(C)C(F)(F)F)cc(C(C)C)c(O)c1Br. The van der Waals surface area contributed by atoms with Crippen molar-refractivity contribution < 1.29 is 18.3 Å². The number of alkyl halides is 3. The van der Waals surface area contributed by atoms with Gasteiger partial charge in [0.25, 0.3) is 0 Å². The molecule has 5 heteroatoms. The van der Waals surface area contributed by atoms with Crippen LogP contribution in [0.5, 0.6) is 5.75 Å². The summed E-state index contributed by atoms with van der Waals surface area (Å²) in [7, 11) is 0. The molecule has 0 heterocycles. The lowest BCUT2D eigenvalue weighted by molar-refractivity contribution is -0.180. The van der Waals surface area contributed by atoms with Gasteiger partial charge in [-0.25, -0.2) is 0 Å². The standard InChI is InChI=1S/C14H18BrF3O/c1-7(2)9-6-10(8(3)11(15)12(9)19)13(4,5)14(16,17)18/h6-7,19H,1-5H3. The van der Waals surface area contributed by atoms with Crippen LogP contribution in [0.15, 0.2) is 10.5 Å². The van der Waals surface area contributed by atoms with E-state index in [1.165, 1.54) is 6.07 Å². The normalized spacial score (nSPS) is 13.2. The average Bonchev–Trinajstić information content (AvgIpc) is 2.23. The van der Waals surface area contributed by atoms with Gasteiger partial charge >= 0.3 is 6.18 Å². The molecule has 0 bridgehead atoms. The average molecular weight is 339 g/mol. The van der Waals surface area contributed by atoms with E-state index in [1.54, 1.807) is 6.92 Å². The van der Waals surface area contributed by atoms with E-state index in [4.69, 9.17) is 0 Å². The summed E-state index contributed by atoms with van der Waals surface area (Å²) in [5.41, 5.74) is -0.834. The molecule has 19 heavy (non-hydrogen) atoms. The third-order valence-corrected chi connectivity index (χ3v) is 4.49. The number of rotatable bonds is 2. The molecule has 108 valence electrons. The summed E-state index contributed by atoms with van der Waals surface area (Å²) < 4.78 is 39.9. The van der Waals surface area contributed by atoms with Crippen molar-refractivity contribution in [1.29, 1.82) is 0 Å². The maximum atomic E-state index is 13.2. The topological polar surface area (TPSA) is 20.2 Å². The van der Waals surface area contributed by atoms with Gasteiger partial charge in [0.15, 0.2) is 0 Å². The molecule has 0 aromatic heterocycles. The van der Waals surface area contributed by atoms with E-state index >= 15 is 0 Å². The summed E-state index contributed by atoms with van der Waals surface area (Å²) in [6, 6.07) is 1.47. The highest BCUT2D eigenvalue weighted by atomic mass is 79.9. The molecule has 0 amide bonds. The molecule has 0 aliphatic rings. The fraction of sp³-hybridized carbons (Fsp3) is 0.571. The third-order valence-electron chi connectivity index (χ3n) is 3.52. The maximum absolute atomic E-state index is 13.2. The van der Waals surface area contributed by atoms with Gasteiger partial charge in [-0.3, -0.25) is 0 Å². The molecule has 0 saturated carbocycles. The van der Waals surface area contributed by atoms with Gasteiger partial charge in [-0.1, -0.05) is 19.9 Å². The number of halogens is 4. The van der Waals surface area contributed by atoms with E-state index in [0.717, 1.165) is 13.8 Å². The minimum absolute atomic E-state index is 0.0224. The fourth-order valence-electron chi connectivity index (χ4n) is 2.00. The number of hydrogen-bond acceptors (Lipinski definition) is 1. The highest BCUT2D eigenvalue weighted by Crippen LogP contribution is 2.46. The molecule has 0 radical (unpaired) electrons. The first-order valence-electron chi connectivity index (χ1n) is 6.00. The van der Waals surface area contributed by atoms with Crippen molar-refractivity contribution in [2.75, 3.05) is 0 Å². The molecule has 0 aliphatic heterocycles. The number of phenols is 1. The zero-order chi connectivity index (χ0) is 15.2. The quantitative estimate of drug-likeness (QED) is 0.762. The predicted octanol–water partition coefficient (Wildman–Crippen LogP) is 5.43. The zero-order valence-corrected chi connectivity index (χ0v) is 13.2. The first kappa shape index (κ1) is 16.3. The van der Waals surface area contributed by atoms with Gasteiger partial charge in [-0.05, 0) is 59.3 Å². The molecule has 1 aromatic rings. The van der Waals surface area contributed by atoms with Crippen LogP contribution in [0.2, 0.25) is 0 Å². The van der Waals surface area contributed by atoms with Crippen molar-refractivity contribution in [3.63, 3.8) is 0 Å². The van der Waals surface area contributed by atoms with Crippen LogP contribution in [-0.4, -0.2) is 11.3 Å². The molecule has 0 spiro atoms. The van der Waals surface area contributed by atoms with Crippen LogP contribution in [0, 0.1) is 6.92 Å². The second-order valence-corrected chi connectivity index (χ2v) is 6.37. The zero-order valence-electron chi connectivity index (χ0n) is 11.6. The summed E-state index contributed by atoms with van der Waals surface area (Å²) in [6.45, 7) is 7.56. The minimum Gasteiger partial charge on any atom is -0.506 e. The first-order valence-corrected chi connectivity index (χ1v) is 6.79. The van der Waals surface area contributed by atoms with Crippen molar-refractivity contribution >= 4 is 15.9 Å². The number of phenolic OH excluding ortho intramolecular Hbond substituents is 1. The van der Waals surface area contributed by atoms with E-state index in [2.05, 4.69) is 15.9 Å². The lowest BCUT2D eigenvalue weighted by Crippen LogP contribution is -2.37. The molecular formula is C14H18BrF3O. The molecular weight excluding hydrogens is 321 g/mol. The van der Waals surface area contributed by atoms with Crippen molar-refractivity contribution in [3.8, 4) is 5.75 Å². The van der Waals surface area contributed by atoms with Crippen molar-refractivity contribution in [2.24, 2.45) is 0 Å². The van der Waals surface area contributed by atoms with Crippen LogP contribution in [0.4, 0.5) is 13.2 Å². The lowest BCUT2D eigenvalue weighted by Gasteiger charge is -2.31. The molecule has 0 atom stereocenters. The highest BCUT2D eigenvalue weighted by Gasteiger charge is 2.49. The van der Waals surface area contributed by atoms with Gasteiger partial charge < -0.3 is 5.11 Å². The van der Waals surface area contributed by atoms with Gasteiger partial charge in [0.2, 0.25) is 0 Å². The summed E-state index contributed by atoms with van der Waals surface area (Å²) in [5.74, 6) is -0.0334. The van der Waals surface area contributed by atoms with Crippen molar-refractivity contribution in [1.82, 2.24) is 0 Å². The molecule has 1 nitrogen and oxygen atoms in total. The van der Waals surface area contributed by atoms with Crippen molar-refractivity contribution in [3.05, 3.63) is 27.2 Å². The molecule has 0 fully saturated rings. The second-order valence-electron chi connectivity index (χ2n) is 5.58.